The van der Waals surface area contributed by atoms with Gasteiger partial charge in [-0.3, -0.25) is 10.1 Å². The van der Waals surface area contributed by atoms with Gasteiger partial charge in [0.2, 0.25) is 0 Å². The van der Waals surface area contributed by atoms with E-state index in [1.54, 1.807) is 6.92 Å². The molecule has 57 valence electrons. The molecular formula is C8H8NO2. The molecule has 0 saturated heterocycles. The van der Waals surface area contributed by atoms with Gasteiger partial charge in [0, 0.05) is 6.07 Å². The average Bonchev–Trinajstić information content (AvgIpc) is 1.85. The normalized spacial score (nSPS) is 9.64. The van der Waals surface area contributed by atoms with E-state index >= 15 is 0 Å². The van der Waals surface area contributed by atoms with Crippen LogP contribution in [0, 0.1) is 30.0 Å². The van der Waals surface area contributed by atoms with E-state index in [0.717, 1.165) is 11.1 Å². The largest absolute Gasteiger partial charge is 0.277 e. The summed E-state index contributed by atoms with van der Waals surface area (Å²) < 4.78 is 0. The number of aryl methyl sites for hydroxylation is 2. The zero-order chi connectivity index (χ0) is 8.43. The van der Waals surface area contributed by atoms with E-state index in [4.69, 9.17) is 0 Å². The number of nitro benzene ring substituents is 1. The third kappa shape index (κ3) is 1.77. The van der Waals surface area contributed by atoms with E-state index < -0.39 is 4.92 Å². The highest BCUT2D eigenvalue weighted by molar-refractivity contribution is 5.36. The summed E-state index contributed by atoms with van der Waals surface area (Å²) in [5.41, 5.74) is 1.74. The monoisotopic (exact) mass is 150 g/mol. The van der Waals surface area contributed by atoms with E-state index in [1.165, 1.54) is 6.07 Å². The van der Waals surface area contributed by atoms with Gasteiger partial charge in [0.15, 0.2) is 0 Å². The van der Waals surface area contributed by atoms with Gasteiger partial charge in [-0.2, -0.15) is 0 Å². The van der Waals surface area contributed by atoms with Gasteiger partial charge in [-0.1, -0.05) is 6.07 Å². The molecule has 1 aromatic carbocycles. The lowest BCUT2D eigenvalue weighted by atomic mass is 10.1. The Morgan fingerprint density at radius 2 is 2.09 bits per heavy atom. The van der Waals surface area contributed by atoms with Crippen LogP contribution >= 0.6 is 0 Å². The van der Waals surface area contributed by atoms with Crippen molar-refractivity contribution in [2.45, 2.75) is 13.8 Å². The molecule has 0 aliphatic rings. The molecule has 3 nitrogen and oxygen atoms in total. The van der Waals surface area contributed by atoms with Crippen molar-refractivity contribution in [1.29, 1.82) is 0 Å². The van der Waals surface area contributed by atoms with Crippen LogP contribution in [-0.4, -0.2) is 4.92 Å². The van der Waals surface area contributed by atoms with Gasteiger partial charge in [0.05, 0.1) is 11.0 Å². The summed E-state index contributed by atoms with van der Waals surface area (Å²) in [6, 6.07) is 6.01. The molecule has 0 aliphatic heterocycles. The Balaban J connectivity index is 3.19. The van der Waals surface area contributed by atoms with Crippen molar-refractivity contribution in [3.8, 4) is 0 Å². The summed E-state index contributed by atoms with van der Waals surface area (Å²) >= 11 is 0. The van der Waals surface area contributed by atoms with Crippen molar-refractivity contribution in [3.05, 3.63) is 39.4 Å². The van der Waals surface area contributed by atoms with Crippen molar-refractivity contribution in [2.24, 2.45) is 0 Å². The molecule has 0 amide bonds. The van der Waals surface area contributed by atoms with Crippen molar-refractivity contribution >= 4 is 5.69 Å². The highest BCUT2D eigenvalue weighted by atomic mass is 16.6. The molecule has 0 saturated carbocycles. The fourth-order valence-electron chi connectivity index (χ4n) is 0.971. The predicted octanol–water partition coefficient (Wildman–Crippen LogP) is 2.01. The Labute approximate surface area is 64.8 Å². The molecule has 0 aromatic heterocycles. The first-order chi connectivity index (χ1) is 5.09. The van der Waals surface area contributed by atoms with Gasteiger partial charge >= 0.3 is 0 Å². The number of rotatable bonds is 1. The molecule has 1 radical (unpaired) electrons. The van der Waals surface area contributed by atoms with Gasteiger partial charge in [0.1, 0.15) is 0 Å². The minimum Gasteiger partial charge on any atom is -0.258 e. The van der Waals surface area contributed by atoms with Crippen LogP contribution in [0.15, 0.2) is 12.1 Å². The summed E-state index contributed by atoms with van der Waals surface area (Å²) in [6.07, 6.45) is 0. The van der Waals surface area contributed by atoms with Crippen molar-refractivity contribution in [2.75, 3.05) is 0 Å². The van der Waals surface area contributed by atoms with Crippen LogP contribution < -0.4 is 0 Å². The SMILES string of the molecule is Cc1[c]c([N+](=O)[O-])cc(C)c1. The number of hydrogen-bond acceptors (Lipinski definition) is 2. The summed E-state index contributed by atoms with van der Waals surface area (Å²) in [5.74, 6) is 0. The van der Waals surface area contributed by atoms with Crippen LogP contribution in [0.5, 0.6) is 0 Å². The highest BCUT2D eigenvalue weighted by Gasteiger charge is 2.05. The second kappa shape index (κ2) is 2.70. The minimum atomic E-state index is -0.431. The average molecular weight is 150 g/mol. The van der Waals surface area contributed by atoms with Gasteiger partial charge in [-0.25, -0.2) is 0 Å². The van der Waals surface area contributed by atoms with E-state index in [9.17, 15) is 10.1 Å². The van der Waals surface area contributed by atoms with Crippen molar-refractivity contribution in [1.82, 2.24) is 0 Å². The maximum Gasteiger partial charge on any atom is 0.277 e. The summed E-state index contributed by atoms with van der Waals surface area (Å²) in [7, 11) is 0. The van der Waals surface area contributed by atoms with Crippen LogP contribution in [-0.2, 0) is 0 Å². The third-order valence-electron chi connectivity index (χ3n) is 1.33. The lowest BCUT2D eigenvalue weighted by Crippen LogP contribution is -1.89. The predicted molar refractivity (Wildman–Crippen MR) is 41.4 cm³/mol. The quantitative estimate of drug-likeness (QED) is 0.454. The van der Waals surface area contributed by atoms with Gasteiger partial charge in [-0.15, -0.1) is 0 Å². The van der Waals surface area contributed by atoms with Crippen LogP contribution in [0.4, 0.5) is 5.69 Å². The standard InChI is InChI=1S/C8H8NO2/c1-6-3-7(2)5-8(4-6)9(10)11/h3-4H,1-2H3. The Kier molecular flexibility index (Phi) is 1.89. The Morgan fingerprint density at radius 1 is 1.45 bits per heavy atom. The zero-order valence-electron chi connectivity index (χ0n) is 6.42. The Morgan fingerprint density at radius 3 is 2.55 bits per heavy atom. The molecule has 1 rings (SSSR count). The highest BCUT2D eigenvalue weighted by Crippen LogP contribution is 2.14. The summed E-state index contributed by atoms with van der Waals surface area (Å²) in [6.45, 7) is 3.62. The maximum absolute atomic E-state index is 10.3. The molecule has 0 spiro atoms. The Bertz CT molecular complexity index is 274. The smallest absolute Gasteiger partial charge is 0.258 e. The lowest BCUT2D eigenvalue weighted by Gasteiger charge is -1.94. The first-order valence-electron chi connectivity index (χ1n) is 3.24. The molecule has 0 aliphatic carbocycles. The molecule has 0 bridgehead atoms. The molecular weight excluding hydrogens is 142 g/mol. The number of nitrogens with zero attached hydrogens (tertiary/aromatic N) is 1. The molecule has 0 unspecified atom stereocenters. The first kappa shape index (κ1) is 7.72. The van der Waals surface area contributed by atoms with Gasteiger partial charge < -0.3 is 0 Å². The van der Waals surface area contributed by atoms with Gasteiger partial charge in [0.25, 0.3) is 5.69 Å². The van der Waals surface area contributed by atoms with Crippen molar-refractivity contribution < 1.29 is 4.92 Å². The van der Waals surface area contributed by atoms with Crippen LogP contribution in [0.2, 0.25) is 0 Å². The van der Waals surface area contributed by atoms with E-state index in [0.29, 0.717) is 0 Å². The lowest BCUT2D eigenvalue weighted by molar-refractivity contribution is -0.385. The zero-order valence-corrected chi connectivity index (χ0v) is 6.42. The van der Waals surface area contributed by atoms with E-state index in [1.807, 2.05) is 13.0 Å². The molecule has 0 N–H and O–H groups in total. The minimum absolute atomic E-state index is 0.0440. The molecule has 1 aromatic rings. The molecule has 0 fully saturated rings. The second-order valence-electron chi connectivity index (χ2n) is 2.48. The van der Waals surface area contributed by atoms with Crippen LogP contribution in [0.3, 0.4) is 0 Å². The Hall–Kier alpha value is -1.38. The molecule has 0 atom stereocenters. The molecule has 3 heteroatoms. The number of benzene rings is 1. The van der Waals surface area contributed by atoms with Crippen molar-refractivity contribution in [3.63, 3.8) is 0 Å². The second-order valence-corrected chi connectivity index (χ2v) is 2.48. The molecule has 0 heterocycles. The first-order valence-corrected chi connectivity index (χ1v) is 3.24. The van der Waals surface area contributed by atoms with Crippen LogP contribution in [0.25, 0.3) is 0 Å². The third-order valence-corrected chi connectivity index (χ3v) is 1.33. The fourth-order valence-corrected chi connectivity index (χ4v) is 0.971. The maximum atomic E-state index is 10.3. The van der Waals surface area contributed by atoms with E-state index in [-0.39, 0.29) is 5.69 Å². The number of nitro groups is 1. The van der Waals surface area contributed by atoms with E-state index in [2.05, 4.69) is 6.07 Å². The number of non-ortho nitro benzene ring substituents is 1. The molecule has 11 heavy (non-hydrogen) atoms. The topological polar surface area (TPSA) is 43.1 Å². The van der Waals surface area contributed by atoms with Crippen LogP contribution in [0.1, 0.15) is 11.1 Å². The fraction of sp³-hybridized carbons (Fsp3) is 0.250. The summed E-state index contributed by atoms with van der Waals surface area (Å²) in [4.78, 5) is 9.85. The number of hydrogen-bond donors (Lipinski definition) is 0. The summed E-state index contributed by atoms with van der Waals surface area (Å²) in [5, 5.41) is 10.3. The van der Waals surface area contributed by atoms with Gasteiger partial charge in [-0.05, 0) is 25.0 Å².